The van der Waals surface area contributed by atoms with Crippen LogP contribution < -0.4 is 0 Å². The first-order chi connectivity index (χ1) is 10.1. The number of nitrogens with zero attached hydrogens (tertiary/aromatic N) is 2. The van der Waals surface area contributed by atoms with Gasteiger partial charge in [-0.1, -0.05) is 23.7 Å². The first-order valence-corrected chi connectivity index (χ1v) is 7.21. The molecule has 0 aliphatic rings. The molecular formula is C15H10Cl2F2N2. The fourth-order valence-electron chi connectivity index (χ4n) is 2.31. The number of imidazole rings is 1. The van der Waals surface area contributed by atoms with Gasteiger partial charge in [0.05, 0.1) is 21.7 Å². The smallest absolute Gasteiger partial charge is 0.182 e. The molecule has 0 amide bonds. The summed E-state index contributed by atoms with van der Waals surface area (Å²) in [6.07, 6.45) is 0.419. The quantitative estimate of drug-likeness (QED) is 0.636. The van der Waals surface area contributed by atoms with Gasteiger partial charge in [-0.3, -0.25) is 4.57 Å². The molecule has 21 heavy (non-hydrogen) atoms. The van der Waals surface area contributed by atoms with Crippen LogP contribution >= 0.6 is 23.2 Å². The molecule has 2 aromatic carbocycles. The number of benzene rings is 2. The van der Waals surface area contributed by atoms with Crippen molar-refractivity contribution in [2.45, 2.75) is 6.42 Å². The number of hydrogen-bond acceptors (Lipinski definition) is 1. The second-order valence-electron chi connectivity index (χ2n) is 4.48. The van der Waals surface area contributed by atoms with E-state index in [2.05, 4.69) is 4.98 Å². The van der Waals surface area contributed by atoms with Crippen molar-refractivity contribution in [2.75, 3.05) is 5.88 Å². The Hall–Kier alpha value is -1.65. The maximum absolute atomic E-state index is 14.1. The highest BCUT2D eigenvalue weighted by Gasteiger charge is 2.18. The van der Waals surface area contributed by atoms with Crippen molar-refractivity contribution in [3.63, 3.8) is 0 Å². The van der Waals surface area contributed by atoms with Gasteiger partial charge in [0.1, 0.15) is 5.82 Å². The minimum Gasteiger partial charge on any atom is -0.292 e. The van der Waals surface area contributed by atoms with Crippen molar-refractivity contribution < 1.29 is 8.78 Å². The van der Waals surface area contributed by atoms with Crippen molar-refractivity contribution >= 4 is 34.2 Å². The molecule has 0 fully saturated rings. The highest BCUT2D eigenvalue weighted by molar-refractivity contribution is 6.35. The zero-order valence-electron chi connectivity index (χ0n) is 10.8. The van der Waals surface area contributed by atoms with Gasteiger partial charge < -0.3 is 0 Å². The molecular weight excluding hydrogens is 317 g/mol. The predicted octanol–water partition coefficient (Wildman–Crippen LogP) is 4.74. The van der Waals surface area contributed by atoms with Crippen molar-refractivity contribution in [1.29, 1.82) is 0 Å². The lowest BCUT2D eigenvalue weighted by Crippen LogP contribution is -2.05. The molecule has 0 atom stereocenters. The van der Waals surface area contributed by atoms with E-state index in [4.69, 9.17) is 23.2 Å². The Morgan fingerprint density at radius 2 is 1.86 bits per heavy atom. The van der Waals surface area contributed by atoms with Crippen molar-refractivity contribution in [1.82, 2.24) is 9.55 Å². The van der Waals surface area contributed by atoms with Crippen molar-refractivity contribution in [3.8, 4) is 5.69 Å². The lowest BCUT2D eigenvalue weighted by atomic mass is 10.2. The Balaban J connectivity index is 2.39. The van der Waals surface area contributed by atoms with Crippen LogP contribution in [0.2, 0.25) is 5.02 Å². The average Bonchev–Trinajstić information content (AvgIpc) is 2.82. The number of fused-ring (bicyclic) bond motifs is 1. The molecule has 3 aromatic rings. The van der Waals surface area contributed by atoms with Crippen molar-refractivity contribution in [2.24, 2.45) is 0 Å². The monoisotopic (exact) mass is 326 g/mol. The van der Waals surface area contributed by atoms with Gasteiger partial charge in [-0.25, -0.2) is 13.8 Å². The third kappa shape index (κ3) is 2.39. The minimum absolute atomic E-state index is 0.0747. The van der Waals surface area contributed by atoms with E-state index < -0.39 is 11.6 Å². The van der Waals surface area contributed by atoms with E-state index in [-0.39, 0.29) is 5.69 Å². The van der Waals surface area contributed by atoms with E-state index in [0.29, 0.717) is 34.2 Å². The van der Waals surface area contributed by atoms with Crippen LogP contribution in [0.3, 0.4) is 0 Å². The summed E-state index contributed by atoms with van der Waals surface area (Å²) in [5.74, 6) is -0.999. The zero-order valence-corrected chi connectivity index (χ0v) is 12.3. The third-order valence-corrected chi connectivity index (χ3v) is 3.68. The fourth-order valence-corrected chi connectivity index (χ4v) is 2.73. The van der Waals surface area contributed by atoms with Crippen LogP contribution in [0.25, 0.3) is 16.7 Å². The number of alkyl halides is 1. The van der Waals surface area contributed by atoms with Crippen LogP contribution in [-0.4, -0.2) is 15.4 Å². The summed E-state index contributed by atoms with van der Waals surface area (Å²) in [5, 5.41) is 0.421. The van der Waals surface area contributed by atoms with E-state index >= 15 is 0 Å². The number of aryl methyl sites for hydroxylation is 1. The maximum atomic E-state index is 14.1. The number of para-hydroxylation sites is 1. The van der Waals surface area contributed by atoms with E-state index in [0.717, 1.165) is 6.07 Å². The standard InChI is InChI=1S/C15H10Cl2F2N2/c16-8-7-13-20-11-5-1-3-9(17)15(11)21(13)12-6-2-4-10(18)14(12)19/h1-6H,7-8H2. The zero-order chi connectivity index (χ0) is 15.0. The van der Waals surface area contributed by atoms with Gasteiger partial charge in [-0.15, -0.1) is 11.6 Å². The van der Waals surface area contributed by atoms with Crippen LogP contribution in [0.5, 0.6) is 0 Å². The molecule has 6 heteroatoms. The molecule has 0 radical (unpaired) electrons. The summed E-state index contributed by atoms with van der Waals surface area (Å²) < 4.78 is 29.2. The Morgan fingerprint density at radius 3 is 2.62 bits per heavy atom. The first-order valence-electron chi connectivity index (χ1n) is 6.29. The van der Waals surface area contributed by atoms with Crippen molar-refractivity contribution in [3.05, 3.63) is 58.9 Å². The molecule has 2 nitrogen and oxygen atoms in total. The van der Waals surface area contributed by atoms with Crippen LogP contribution in [0.15, 0.2) is 36.4 Å². The van der Waals surface area contributed by atoms with Crippen LogP contribution in [0.4, 0.5) is 8.78 Å². The van der Waals surface area contributed by atoms with Gasteiger partial charge in [0.2, 0.25) is 0 Å². The molecule has 0 saturated carbocycles. The maximum Gasteiger partial charge on any atom is 0.182 e. The van der Waals surface area contributed by atoms with Gasteiger partial charge in [0.25, 0.3) is 0 Å². The van der Waals surface area contributed by atoms with E-state index in [9.17, 15) is 8.78 Å². The Bertz CT molecular complexity index is 815. The van der Waals surface area contributed by atoms with Gasteiger partial charge in [0.15, 0.2) is 11.6 Å². The molecule has 0 bridgehead atoms. The molecule has 0 spiro atoms. The van der Waals surface area contributed by atoms with Crippen LogP contribution in [0, 0.1) is 11.6 Å². The summed E-state index contributed by atoms with van der Waals surface area (Å²) in [6.45, 7) is 0. The second kappa shape index (κ2) is 5.62. The number of aromatic nitrogens is 2. The molecule has 0 aliphatic heterocycles. The Kier molecular flexibility index (Phi) is 3.83. The summed E-state index contributed by atoms with van der Waals surface area (Å²) >= 11 is 12.0. The van der Waals surface area contributed by atoms with Crippen LogP contribution in [0.1, 0.15) is 5.82 Å². The van der Waals surface area contributed by atoms with Gasteiger partial charge >= 0.3 is 0 Å². The molecule has 0 unspecified atom stereocenters. The molecule has 1 heterocycles. The summed E-state index contributed by atoms with van der Waals surface area (Å²) in [7, 11) is 0. The van der Waals surface area contributed by atoms with Gasteiger partial charge in [-0.05, 0) is 24.3 Å². The van der Waals surface area contributed by atoms with Gasteiger partial charge in [-0.2, -0.15) is 0 Å². The summed E-state index contributed by atoms with van der Waals surface area (Å²) in [4.78, 5) is 4.42. The molecule has 3 rings (SSSR count). The average molecular weight is 327 g/mol. The highest BCUT2D eigenvalue weighted by Crippen LogP contribution is 2.29. The molecule has 1 aromatic heterocycles. The van der Waals surface area contributed by atoms with E-state index in [1.165, 1.54) is 16.7 Å². The lowest BCUT2D eigenvalue weighted by Gasteiger charge is -2.10. The first kappa shape index (κ1) is 14.3. The van der Waals surface area contributed by atoms with E-state index in [1.54, 1.807) is 18.2 Å². The Labute approximate surface area is 129 Å². The molecule has 0 saturated heterocycles. The minimum atomic E-state index is -0.937. The van der Waals surface area contributed by atoms with Crippen LogP contribution in [-0.2, 0) is 6.42 Å². The summed E-state index contributed by atoms with van der Waals surface area (Å²) in [5.41, 5.74) is 1.24. The highest BCUT2D eigenvalue weighted by atomic mass is 35.5. The lowest BCUT2D eigenvalue weighted by molar-refractivity contribution is 0.504. The summed E-state index contributed by atoms with van der Waals surface area (Å²) in [6, 6.07) is 9.22. The molecule has 0 aliphatic carbocycles. The molecule has 0 N–H and O–H groups in total. The fraction of sp³-hybridized carbons (Fsp3) is 0.133. The number of hydrogen-bond donors (Lipinski definition) is 0. The van der Waals surface area contributed by atoms with Gasteiger partial charge in [0, 0.05) is 12.3 Å². The normalized spacial score (nSPS) is 11.2. The number of halogens is 4. The topological polar surface area (TPSA) is 17.8 Å². The third-order valence-electron chi connectivity index (χ3n) is 3.19. The number of rotatable bonds is 3. The largest absolute Gasteiger partial charge is 0.292 e. The SMILES string of the molecule is Fc1cccc(-n2c(CCCl)nc3cccc(Cl)c32)c1F. The predicted molar refractivity (Wildman–Crippen MR) is 80.4 cm³/mol. The molecule has 108 valence electrons. The van der Waals surface area contributed by atoms with E-state index in [1.807, 2.05) is 0 Å². The Morgan fingerprint density at radius 1 is 1.10 bits per heavy atom. The second-order valence-corrected chi connectivity index (χ2v) is 5.27.